The molecule has 1 aromatic carbocycles. The third kappa shape index (κ3) is 2.20. The predicted molar refractivity (Wildman–Crippen MR) is 75.5 cm³/mol. The highest BCUT2D eigenvalue weighted by atomic mass is 32.1. The number of hydrogen-bond donors (Lipinski definition) is 1. The fourth-order valence-electron chi connectivity index (χ4n) is 2.12. The lowest BCUT2D eigenvalue weighted by Crippen LogP contribution is -2.09. The van der Waals surface area contributed by atoms with Gasteiger partial charge in [0.15, 0.2) is 0 Å². The molecule has 3 rings (SSSR count). The van der Waals surface area contributed by atoms with Crippen LogP contribution in [0.15, 0.2) is 24.3 Å². The minimum absolute atomic E-state index is 0.694. The number of nitrogens with one attached hydrogen (secondary N) is 1. The van der Waals surface area contributed by atoms with Gasteiger partial charge in [0.2, 0.25) is 0 Å². The van der Waals surface area contributed by atoms with E-state index in [1.165, 1.54) is 11.3 Å². The van der Waals surface area contributed by atoms with Gasteiger partial charge in [-0.3, -0.25) is 0 Å². The molecule has 0 saturated heterocycles. The number of rotatable bonds is 3. The molecule has 0 atom stereocenters. The smallest absolute Gasteiger partial charge is 0.140 e. The second-order valence-electron chi connectivity index (χ2n) is 4.28. The Kier molecular flexibility index (Phi) is 3.19. The molecule has 0 amide bonds. The van der Waals surface area contributed by atoms with E-state index in [0.717, 1.165) is 35.1 Å². The van der Waals surface area contributed by atoms with Gasteiger partial charge in [-0.2, -0.15) is 0 Å². The lowest BCUT2D eigenvalue weighted by atomic mass is 10.2. The Labute approximate surface area is 111 Å². The monoisotopic (exact) mass is 260 g/mol. The number of benzene rings is 1. The molecular weight excluding hydrogens is 244 g/mol. The molecule has 0 aliphatic carbocycles. The van der Waals surface area contributed by atoms with Crippen LogP contribution in [0, 0.1) is 0 Å². The first-order valence-electron chi connectivity index (χ1n) is 6.33. The molecule has 18 heavy (non-hydrogen) atoms. The molecule has 0 radical (unpaired) electrons. The van der Waals surface area contributed by atoms with E-state index in [1.807, 2.05) is 19.1 Å². The summed E-state index contributed by atoms with van der Waals surface area (Å²) >= 11 is 1.79. The maximum Gasteiger partial charge on any atom is 0.140 e. The third-order valence-electron chi connectivity index (χ3n) is 2.96. The quantitative estimate of drug-likeness (QED) is 0.916. The molecule has 1 aliphatic heterocycles. The number of hydrogen-bond acceptors (Lipinski definition) is 4. The molecule has 3 nitrogen and oxygen atoms in total. The highest BCUT2D eigenvalue weighted by Gasteiger charge is 2.15. The first kappa shape index (κ1) is 11.5. The molecule has 2 aromatic rings. The maximum absolute atomic E-state index is 5.53. The Morgan fingerprint density at radius 3 is 3.22 bits per heavy atom. The second kappa shape index (κ2) is 4.98. The summed E-state index contributed by atoms with van der Waals surface area (Å²) in [6.07, 6.45) is 2.35. The van der Waals surface area contributed by atoms with Crippen molar-refractivity contribution in [1.29, 1.82) is 0 Å². The molecule has 1 aromatic heterocycles. The first-order valence-corrected chi connectivity index (χ1v) is 7.15. The van der Waals surface area contributed by atoms with Gasteiger partial charge in [0.05, 0.1) is 6.61 Å². The van der Waals surface area contributed by atoms with Crippen LogP contribution in [0.2, 0.25) is 0 Å². The zero-order valence-electron chi connectivity index (χ0n) is 10.4. The van der Waals surface area contributed by atoms with E-state index >= 15 is 0 Å². The third-order valence-corrected chi connectivity index (χ3v) is 4.13. The molecule has 0 unspecified atom stereocenters. The average Bonchev–Trinajstić information content (AvgIpc) is 2.83. The van der Waals surface area contributed by atoms with Gasteiger partial charge in [0.1, 0.15) is 16.6 Å². The number of aryl methyl sites for hydroxylation is 1. The van der Waals surface area contributed by atoms with E-state index in [4.69, 9.17) is 4.74 Å². The number of nitrogens with zero attached hydrogens (tertiary/aromatic N) is 1. The summed E-state index contributed by atoms with van der Waals surface area (Å²) in [5.41, 5.74) is 1.14. The van der Waals surface area contributed by atoms with Crippen molar-refractivity contribution in [3.8, 4) is 16.3 Å². The minimum atomic E-state index is 0.694. The highest BCUT2D eigenvalue weighted by Crippen LogP contribution is 2.34. The molecule has 94 valence electrons. The summed E-state index contributed by atoms with van der Waals surface area (Å²) in [6, 6.07) is 8.16. The van der Waals surface area contributed by atoms with Crippen molar-refractivity contribution >= 4 is 17.2 Å². The number of thiazole rings is 1. The van der Waals surface area contributed by atoms with Crippen molar-refractivity contribution in [2.75, 3.05) is 18.5 Å². The van der Waals surface area contributed by atoms with Crippen LogP contribution in [0.3, 0.4) is 0 Å². The van der Waals surface area contributed by atoms with E-state index in [-0.39, 0.29) is 0 Å². The maximum atomic E-state index is 5.53. The van der Waals surface area contributed by atoms with E-state index < -0.39 is 0 Å². The molecule has 4 heteroatoms. The van der Waals surface area contributed by atoms with Crippen LogP contribution in [-0.4, -0.2) is 18.1 Å². The van der Waals surface area contributed by atoms with E-state index in [9.17, 15) is 0 Å². The molecule has 0 fully saturated rings. The van der Waals surface area contributed by atoms with Gasteiger partial charge in [0.25, 0.3) is 0 Å². The number of fused-ring (bicyclic) bond motifs is 1. The van der Waals surface area contributed by atoms with Crippen molar-refractivity contribution in [2.45, 2.75) is 19.8 Å². The Morgan fingerprint density at radius 2 is 2.39 bits per heavy atom. The fourth-order valence-corrected chi connectivity index (χ4v) is 3.20. The molecule has 0 saturated carbocycles. The summed E-state index contributed by atoms with van der Waals surface area (Å²) < 4.78 is 5.53. The first-order chi connectivity index (χ1) is 8.86. The minimum Gasteiger partial charge on any atom is -0.494 e. The van der Waals surface area contributed by atoms with E-state index in [0.29, 0.717) is 6.61 Å². The fraction of sp³-hybridized carbons (Fsp3) is 0.357. The van der Waals surface area contributed by atoms with Gasteiger partial charge >= 0.3 is 0 Å². The zero-order chi connectivity index (χ0) is 12.4. The second-order valence-corrected chi connectivity index (χ2v) is 5.37. The van der Waals surface area contributed by atoms with Crippen LogP contribution in [0.4, 0.5) is 5.82 Å². The van der Waals surface area contributed by atoms with Crippen molar-refractivity contribution in [1.82, 2.24) is 4.98 Å². The molecule has 0 bridgehead atoms. The summed E-state index contributed by atoms with van der Waals surface area (Å²) in [6.45, 7) is 3.73. The standard InChI is InChI=1S/C14H16N2OS/c1-2-17-11-6-3-5-10(9-11)14-16-13-12(18-14)7-4-8-15-13/h3,5-6,9,15H,2,4,7-8H2,1H3. The van der Waals surface area contributed by atoms with Gasteiger partial charge in [-0.05, 0) is 31.9 Å². The molecule has 1 aliphatic rings. The summed E-state index contributed by atoms with van der Waals surface area (Å²) in [7, 11) is 0. The van der Waals surface area contributed by atoms with Crippen molar-refractivity contribution in [3.05, 3.63) is 29.1 Å². The molecule has 1 N–H and O–H groups in total. The lowest BCUT2D eigenvalue weighted by Gasteiger charge is -2.10. The summed E-state index contributed by atoms with van der Waals surface area (Å²) in [4.78, 5) is 6.05. The topological polar surface area (TPSA) is 34.1 Å². The van der Waals surface area contributed by atoms with Gasteiger partial charge in [0, 0.05) is 17.0 Å². The summed E-state index contributed by atoms with van der Waals surface area (Å²) in [5.74, 6) is 1.99. The Morgan fingerprint density at radius 1 is 1.44 bits per heavy atom. The lowest BCUT2D eigenvalue weighted by molar-refractivity contribution is 0.340. The van der Waals surface area contributed by atoms with Crippen molar-refractivity contribution in [3.63, 3.8) is 0 Å². The summed E-state index contributed by atoms with van der Waals surface area (Å²) in [5, 5.41) is 4.44. The number of ether oxygens (including phenoxy) is 1. The zero-order valence-corrected chi connectivity index (χ0v) is 11.2. The van der Waals surface area contributed by atoms with Crippen LogP contribution in [0.1, 0.15) is 18.2 Å². The number of anilines is 1. The normalized spacial score (nSPS) is 13.8. The Hall–Kier alpha value is -1.55. The predicted octanol–water partition coefficient (Wildman–Crippen LogP) is 3.57. The van der Waals surface area contributed by atoms with Crippen LogP contribution < -0.4 is 10.1 Å². The Balaban J connectivity index is 1.94. The number of aromatic nitrogens is 1. The Bertz CT molecular complexity index is 527. The van der Waals surface area contributed by atoms with Crippen LogP contribution in [0.5, 0.6) is 5.75 Å². The van der Waals surface area contributed by atoms with Crippen LogP contribution in [0.25, 0.3) is 10.6 Å². The van der Waals surface area contributed by atoms with Crippen molar-refractivity contribution < 1.29 is 4.74 Å². The van der Waals surface area contributed by atoms with Gasteiger partial charge in [-0.15, -0.1) is 11.3 Å². The molecular formula is C14H16N2OS. The van der Waals surface area contributed by atoms with Crippen LogP contribution >= 0.6 is 11.3 Å². The van der Waals surface area contributed by atoms with Crippen LogP contribution in [-0.2, 0) is 6.42 Å². The van der Waals surface area contributed by atoms with E-state index in [2.05, 4.69) is 22.4 Å². The largest absolute Gasteiger partial charge is 0.494 e. The SMILES string of the molecule is CCOc1cccc(-c2nc3c(s2)CCCN3)c1. The molecule has 0 spiro atoms. The highest BCUT2D eigenvalue weighted by molar-refractivity contribution is 7.15. The van der Waals surface area contributed by atoms with Gasteiger partial charge < -0.3 is 10.1 Å². The molecule has 2 heterocycles. The van der Waals surface area contributed by atoms with E-state index in [1.54, 1.807) is 11.3 Å². The van der Waals surface area contributed by atoms with Gasteiger partial charge in [-0.1, -0.05) is 12.1 Å². The van der Waals surface area contributed by atoms with Crippen molar-refractivity contribution in [2.24, 2.45) is 0 Å². The van der Waals surface area contributed by atoms with Gasteiger partial charge in [-0.25, -0.2) is 4.98 Å². The average molecular weight is 260 g/mol.